The molecular formula is C21H25Cl2NOS. The lowest BCUT2D eigenvalue weighted by atomic mass is 9.86. The number of carbonyl (C=O) groups excluding carboxylic acids is 1. The fourth-order valence-electron chi connectivity index (χ4n) is 2.53. The third-order valence-electron chi connectivity index (χ3n) is 4.14. The second kappa shape index (κ2) is 9.16. The Morgan fingerprint density at radius 1 is 1.08 bits per heavy atom. The monoisotopic (exact) mass is 409 g/mol. The predicted octanol–water partition coefficient (Wildman–Crippen LogP) is 6.40. The molecular weight excluding hydrogens is 385 g/mol. The third-order valence-corrected chi connectivity index (χ3v) is 5.88. The van der Waals surface area contributed by atoms with E-state index in [1.807, 2.05) is 19.1 Å². The van der Waals surface area contributed by atoms with Crippen molar-refractivity contribution >= 4 is 40.9 Å². The number of amides is 1. The summed E-state index contributed by atoms with van der Waals surface area (Å²) in [5.41, 5.74) is 3.59. The number of benzene rings is 2. The topological polar surface area (TPSA) is 29.1 Å². The summed E-state index contributed by atoms with van der Waals surface area (Å²) in [7, 11) is 0. The number of hydrogen-bond donors (Lipinski definition) is 1. The first-order valence-electron chi connectivity index (χ1n) is 8.58. The predicted molar refractivity (Wildman–Crippen MR) is 114 cm³/mol. The van der Waals surface area contributed by atoms with Crippen molar-refractivity contribution in [3.8, 4) is 0 Å². The van der Waals surface area contributed by atoms with Crippen molar-refractivity contribution < 1.29 is 4.79 Å². The molecule has 0 aliphatic carbocycles. The van der Waals surface area contributed by atoms with Crippen LogP contribution in [0.2, 0.25) is 10.0 Å². The summed E-state index contributed by atoms with van der Waals surface area (Å²) in [4.78, 5) is 12.2. The number of carbonyl (C=O) groups is 1. The van der Waals surface area contributed by atoms with E-state index < -0.39 is 0 Å². The molecule has 5 heteroatoms. The van der Waals surface area contributed by atoms with E-state index in [0.717, 1.165) is 16.9 Å². The van der Waals surface area contributed by atoms with Crippen LogP contribution in [0.5, 0.6) is 0 Å². The zero-order valence-corrected chi connectivity index (χ0v) is 17.9. The Balaban J connectivity index is 1.82. The molecule has 140 valence electrons. The van der Waals surface area contributed by atoms with Gasteiger partial charge in [0.1, 0.15) is 0 Å². The molecule has 2 rings (SSSR count). The van der Waals surface area contributed by atoms with Gasteiger partial charge in [0.2, 0.25) is 5.91 Å². The number of rotatable bonds is 6. The first kappa shape index (κ1) is 21.1. The Morgan fingerprint density at radius 2 is 1.73 bits per heavy atom. The molecule has 1 atom stereocenters. The van der Waals surface area contributed by atoms with Crippen LogP contribution in [-0.4, -0.2) is 11.7 Å². The highest BCUT2D eigenvalue weighted by molar-refractivity contribution is 7.99. The molecule has 0 aliphatic heterocycles. The molecule has 2 nitrogen and oxygen atoms in total. The van der Waals surface area contributed by atoms with Crippen molar-refractivity contribution in [1.29, 1.82) is 0 Å². The summed E-state index contributed by atoms with van der Waals surface area (Å²) in [6, 6.07) is 14.0. The summed E-state index contributed by atoms with van der Waals surface area (Å²) >= 11 is 13.5. The molecule has 0 aliphatic rings. The SMILES string of the molecule is C[C@H](NC(=O)CSCc1ccc(Cl)c(Cl)c1)c1ccc(C(C)(C)C)cc1. The molecule has 26 heavy (non-hydrogen) atoms. The fourth-order valence-corrected chi connectivity index (χ4v) is 3.64. The summed E-state index contributed by atoms with van der Waals surface area (Å²) in [5, 5.41) is 4.14. The Hall–Kier alpha value is -1.16. The molecule has 1 N–H and O–H groups in total. The smallest absolute Gasteiger partial charge is 0.230 e. The molecule has 0 bridgehead atoms. The van der Waals surface area contributed by atoms with Crippen LogP contribution in [0, 0.1) is 0 Å². The quantitative estimate of drug-likeness (QED) is 0.597. The molecule has 0 spiro atoms. The van der Waals surface area contributed by atoms with Gasteiger partial charge in [-0.25, -0.2) is 0 Å². The van der Waals surface area contributed by atoms with Crippen LogP contribution in [0.4, 0.5) is 0 Å². The average Bonchev–Trinajstić information content (AvgIpc) is 2.57. The van der Waals surface area contributed by atoms with Gasteiger partial charge in [-0.15, -0.1) is 11.8 Å². The summed E-state index contributed by atoms with van der Waals surface area (Å²) in [6.07, 6.45) is 0. The Kier molecular flexibility index (Phi) is 7.45. The fraction of sp³-hybridized carbons (Fsp3) is 0.381. The average molecular weight is 410 g/mol. The van der Waals surface area contributed by atoms with Gasteiger partial charge in [0.05, 0.1) is 21.8 Å². The molecule has 0 fully saturated rings. The van der Waals surface area contributed by atoms with Gasteiger partial charge in [0, 0.05) is 5.75 Å². The second-order valence-corrected chi connectivity index (χ2v) is 9.20. The highest BCUT2D eigenvalue weighted by atomic mass is 35.5. The van der Waals surface area contributed by atoms with Gasteiger partial charge in [-0.1, -0.05) is 74.3 Å². The molecule has 2 aromatic carbocycles. The maximum Gasteiger partial charge on any atom is 0.230 e. The highest BCUT2D eigenvalue weighted by Gasteiger charge is 2.15. The van der Waals surface area contributed by atoms with E-state index in [9.17, 15) is 4.79 Å². The number of thioether (sulfide) groups is 1. The van der Waals surface area contributed by atoms with E-state index in [-0.39, 0.29) is 17.4 Å². The van der Waals surface area contributed by atoms with E-state index >= 15 is 0 Å². The minimum atomic E-state index is -0.0119. The van der Waals surface area contributed by atoms with Crippen LogP contribution in [0.15, 0.2) is 42.5 Å². The van der Waals surface area contributed by atoms with Crippen molar-refractivity contribution in [2.24, 2.45) is 0 Å². The first-order chi connectivity index (χ1) is 12.2. The zero-order valence-electron chi connectivity index (χ0n) is 15.6. The van der Waals surface area contributed by atoms with Gasteiger partial charge >= 0.3 is 0 Å². The standard InChI is InChI=1S/C21H25Cl2NOS/c1-14(16-6-8-17(9-7-16)21(2,3)4)24-20(25)13-26-12-15-5-10-18(22)19(23)11-15/h5-11,14H,12-13H2,1-4H3,(H,24,25)/t14-/m0/s1. The summed E-state index contributed by atoms with van der Waals surface area (Å²) in [5.74, 6) is 1.16. The van der Waals surface area contributed by atoms with Crippen LogP contribution in [0.25, 0.3) is 0 Å². The van der Waals surface area contributed by atoms with Crippen LogP contribution in [0.3, 0.4) is 0 Å². The van der Waals surface area contributed by atoms with E-state index in [1.54, 1.807) is 17.8 Å². The van der Waals surface area contributed by atoms with Gasteiger partial charge in [0.25, 0.3) is 0 Å². The maximum absolute atomic E-state index is 12.2. The molecule has 0 radical (unpaired) electrons. The largest absolute Gasteiger partial charge is 0.349 e. The Labute approximate surface area is 170 Å². The minimum absolute atomic E-state index is 0.0119. The van der Waals surface area contributed by atoms with E-state index in [0.29, 0.717) is 15.8 Å². The summed E-state index contributed by atoms with van der Waals surface area (Å²) in [6.45, 7) is 8.59. The normalized spacial score (nSPS) is 12.7. The van der Waals surface area contributed by atoms with Crippen LogP contribution < -0.4 is 5.32 Å². The van der Waals surface area contributed by atoms with Crippen molar-refractivity contribution in [3.63, 3.8) is 0 Å². The van der Waals surface area contributed by atoms with Gasteiger partial charge < -0.3 is 5.32 Å². The minimum Gasteiger partial charge on any atom is -0.349 e. The van der Waals surface area contributed by atoms with Gasteiger partial charge in [0.15, 0.2) is 0 Å². The molecule has 0 saturated heterocycles. The third kappa shape index (κ3) is 6.22. The van der Waals surface area contributed by atoms with Gasteiger partial charge in [-0.2, -0.15) is 0 Å². The van der Waals surface area contributed by atoms with E-state index in [2.05, 4.69) is 50.4 Å². The number of hydrogen-bond acceptors (Lipinski definition) is 2. The molecule has 2 aromatic rings. The molecule has 0 heterocycles. The molecule has 1 amide bonds. The van der Waals surface area contributed by atoms with Crippen molar-refractivity contribution in [2.45, 2.75) is 44.9 Å². The lowest BCUT2D eigenvalue weighted by Crippen LogP contribution is -2.28. The Bertz CT molecular complexity index is 754. The molecule has 0 unspecified atom stereocenters. The van der Waals surface area contributed by atoms with Crippen molar-refractivity contribution in [1.82, 2.24) is 5.32 Å². The van der Waals surface area contributed by atoms with Crippen molar-refractivity contribution in [2.75, 3.05) is 5.75 Å². The van der Waals surface area contributed by atoms with Crippen LogP contribution >= 0.6 is 35.0 Å². The zero-order chi connectivity index (χ0) is 19.3. The summed E-state index contributed by atoms with van der Waals surface area (Å²) < 4.78 is 0. The molecule has 0 aromatic heterocycles. The highest BCUT2D eigenvalue weighted by Crippen LogP contribution is 2.25. The Morgan fingerprint density at radius 3 is 2.31 bits per heavy atom. The van der Waals surface area contributed by atoms with Crippen molar-refractivity contribution in [3.05, 3.63) is 69.2 Å². The van der Waals surface area contributed by atoms with E-state index in [4.69, 9.17) is 23.2 Å². The second-order valence-electron chi connectivity index (χ2n) is 7.40. The number of halogens is 2. The maximum atomic E-state index is 12.2. The lowest BCUT2D eigenvalue weighted by molar-refractivity contribution is -0.119. The number of nitrogens with one attached hydrogen (secondary N) is 1. The van der Waals surface area contributed by atoms with Gasteiger partial charge in [-0.05, 0) is 41.2 Å². The van der Waals surface area contributed by atoms with Crippen LogP contribution in [-0.2, 0) is 16.0 Å². The van der Waals surface area contributed by atoms with E-state index in [1.165, 1.54) is 5.56 Å². The van der Waals surface area contributed by atoms with Crippen LogP contribution in [0.1, 0.15) is 50.4 Å². The lowest BCUT2D eigenvalue weighted by Gasteiger charge is -2.20. The van der Waals surface area contributed by atoms with Gasteiger partial charge in [-0.3, -0.25) is 4.79 Å². The molecule has 0 saturated carbocycles. The first-order valence-corrected chi connectivity index (χ1v) is 10.5.